The highest BCUT2D eigenvalue weighted by molar-refractivity contribution is 7.23. The average molecular weight is 396 g/mol. The van der Waals surface area contributed by atoms with Crippen molar-refractivity contribution in [1.82, 2.24) is 4.98 Å². The van der Waals surface area contributed by atoms with E-state index < -0.39 is 0 Å². The fourth-order valence-electron chi connectivity index (χ4n) is 3.24. The summed E-state index contributed by atoms with van der Waals surface area (Å²) in [5, 5.41) is 13.1. The molecule has 0 atom stereocenters. The summed E-state index contributed by atoms with van der Waals surface area (Å²) in [7, 11) is 0. The van der Waals surface area contributed by atoms with Gasteiger partial charge in [-0.05, 0) is 43.0 Å². The number of hydrogen-bond acceptors (Lipinski definition) is 5. The van der Waals surface area contributed by atoms with Gasteiger partial charge in [0.15, 0.2) is 5.78 Å². The summed E-state index contributed by atoms with van der Waals surface area (Å²) in [6.45, 7) is 10.8. The van der Waals surface area contributed by atoms with E-state index in [0.29, 0.717) is 11.3 Å². The van der Waals surface area contributed by atoms with Gasteiger partial charge in [0.25, 0.3) is 0 Å². The first kappa shape index (κ1) is 21.8. The number of nitrogens with zero attached hydrogens (tertiary/aromatic N) is 1. The minimum atomic E-state index is 0.0321. The molecule has 2 heterocycles. The Morgan fingerprint density at radius 1 is 1.18 bits per heavy atom. The second-order valence-corrected chi connectivity index (χ2v) is 6.94. The standard InChI is InChI=1S/C19H17N3OS.2C2H6/c1-2-22-19-17(14-7-8-21-10-16(14)24-19)18(23)12-3-5-13-11(9-12)4-6-15(13)20;2*1-2/h3,5,7-10,20,22H,2,4,6H2,1H3;2*1-2H3. The van der Waals surface area contributed by atoms with Gasteiger partial charge in [-0.2, -0.15) is 0 Å². The molecular weight excluding hydrogens is 366 g/mol. The molecule has 0 bridgehead atoms. The van der Waals surface area contributed by atoms with Gasteiger partial charge in [0, 0.05) is 35.6 Å². The molecule has 5 heteroatoms. The first-order valence-corrected chi connectivity index (χ1v) is 10.9. The van der Waals surface area contributed by atoms with Crippen LogP contribution in [-0.2, 0) is 6.42 Å². The van der Waals surface area contributed by atoms with Gasteiger partial charge >= 0.3 is 0 Å². The second kappa shape index (κ2) is 10.1. The van der Waals surface area contributed by atoms with E-state index in [1.54, 1.807) is 17.5 Å². The molecule has 0 fully saturated rings. The Bertz CT molecular complexity index is 975. The van der Waals surface area contributed by atoms with Crippen molar-refractivity contribution in [2.24, 2.45) is 0 Å². The third-order valence-electron chi connectivity index (χ3n) is 4.39. The summed E-state index contributed by atoms with van der Waals surface area (Å²) in [6, 6.07) is 7.63. The maximum absolute atomic E-state index is 13.2. The number of aromatic nitrogens is 1. The van der Waals surface area contributed by atoms with Crippen molar-refractivity contribution in [2.75, 3.05) is 11.9 Å². The van der Waals surface area contributed by atoms with Crippen LogP contribution in [0.25, 0.3) is 10.1 Å². The van der Waals surface area contributed by atoms with Gasteiger partial charge in [0.2, 0.25) is 0 Å². The lowest BCUT2D eigenvalue weighted by atomic mass is 9.98. The fourth-order valence-corrected chi connectivity index (χ4v) is 4.37. The molecule has 0 amide bonds. The van der Waals surface area contributed by atoms with Crippen molar-refractivity contribution < 1.29 is 4.79 Å². The number of benzene rings is 1. The molecule has 0 saturated heterocycles. The minimum absolute atomic E-state index is 0.0321. The zero-order chi connectivity index (χ0) is 20.7. The zero-order valence-electron chi connectivity index (χ0n) is 17.3. The third kappa shape index (κ3) is 4.14. The van der Waals surface area contributed by atoms with Crippen LogP contribution in [0.3, 0.4) is 0 Å². The second-order valence-electron chi connectivity index (χ2n) is 5.89. The molecule has 0 saturated carbocycles. The molecule has 28 heavy (non-hydrogen) atoms. The molecule has 3 aromatic rings. The van der Waals surface area contributed by atoms with Crippen molar-refractivity contribution in [1.29, 1.82) is 5.41 Å². The number of rotatable bonds is 4. The Morgan fingerprint density at radius 2 is 1.93 bits per heavy atom. The van der Waals surface area contributed by atoms with Crippen LogP contribution in [0.1, 0.15) is 68.1 Å². The van der Waals surface area contributed by atoms with Crippen molar-refractivity contribution in [3.63, 3.8) is 0 Å². The molecule has 1 aliphatic rings. The molecule has 0 radical (unpaired) electrons. The van der Waals surface area contributed by atoms with E-state index in [9.17, 15) is 4.79 Å². The third-order valence-corrected chi connectivity index (χ3v) is 5.49. The lowest BCUT2D eigenvalue weighted by molar-refractivity contribution is 0.104. The number of aryl methyl sites for hydroxylation is 1. The summed E-state index contributed by atoms with van der Waals surface area (Å²) < 4.78 is 1.01. The summed E-state index contributed by atoms with van der Waals surface area (Å²) in [5.41, 5.74) is 4.19. The number of fused-ring (bicyclic) bond motifs is 2. The Labute approximate surface area is 171 Å². The van der Waals surface area contributed by atoms with Crippen LogP contribution in [0, 0.1) is 5.41 Å². The average Bonchev–Trinajstić information content (AvgIpc) is 3.30. The fraction of sp³-hybridized carbons (Fsp3) is 0.348. The zero-order valence-corrected chi connectivity index (χ0v) is 18.2. The summed E-state index contributed by atoms with van der Waals surface area (Å²) in [6.07, 6.45) is 5.15. The predicted molar refractivity (Wildman–Crippen MR) is 122 cm³/mol. The maximum Gasteiger partial charge on any atom is 0.196 e. The highest BCUT2D eigenvalue weighted by Crippen LogP contribution is 2.37. The van der Waals surface area contributed by atoms with E-state index in [2.05, 4.69) is 10.3 Å². The van der Waals surface area contributed by atoms with Crippen molar-refractivity contribution in [3.8, 4) is 0 Å². The molecule has 0 spiro atoms. The minimum Gasteiger partial charge on any atom is -0.377 e. The van der Waals surface area contributed by atoms with Gasteiger partial charge in [0.1, 0.15) is 5.00 Å². The van der Waals surface area contributed by atoms with Gasteiger partial charge < -0.3 is 10.7 Å². The van der Waals surface area contributed by atoms with Crippen LogP contribution >= 0.6 is 11.3 Å². The number of carbonyl (C=O) groups excluding carboxylic acids is 1. The number of ketones is 1. The topological polar surface area (TPSA) is 65.8 Å². The quantitative estimate of drug-likeness (QED) is 0.508. The maximum atomic E-state index is 13.2. The SMILES string of the molecule is CC.CC.CCNc1sc2cnccc2c1C(=O)c1ccc2c(c1)CCC2=N. The van der Waals surface area contributed by atoms with Crippen molar-refractivity contribution in [3.05, 3.63) is 58.9 Å². The van der Waals surface area contributed by atoms with E-state index >= 15 is 0 Å². The molecule has 148 valence electrons. The van der Waals surface area contributed by atoms with E-state index in [0.717, 1.165) is 51.2 Å². The van der Waals surface area contributed by atoms with Gasteiger partial charge in [-0.1, -0.05) is 39.8 Å². The molecular formula is C23H29N3OS. The Balaban J connectivity index is 0.000000660. The van der Waals surface area contributed by atoms with Crippen LogP contribution in [0.2, 0.25) is 0 Å². The normalized spacial score (nSPS) is 11.8. The smallest absolute Gasteiger partial charge is 0.196 e. The highest BCUT2D eigenvalue weighted by Gasteiger charge is 2.23. The number of thiophene rings is 1. The Morgan fingerprint density at radius 3 is 2.64 bits per heavy atom. The van der Waals surface area contributed by atoms with E-state index in [-0.39, 0.29) is 5.78 Å². The monoisotopic (exact) mass is 395 g/mol. The number of nitrogens with one attached hydrogen (secondary N) is 2. The predicted octanol–water partition coefficient (Wildman–Crippen LogP) is 6.33. The molecule has 1 aromatic carbocycles. The highest BCUT2D eigenvalue weighted by atomic mass is 32.1. The molecule has 2 N–H and O–H groups in total. The number of carbonyl (C=O) groups is 1. The van der Waals surface area contributed by atoms with Gasteiger partial charge in [0.05, 0.1) is 10.3 Å². The van der Waals surface area contributed by atoms with Crippen LogP contribution in [-0.4, -0.2) is 23.0 Å². The largest absolute Gasteiger partial charge is 0.377 e. The Kier molecular flexibility index (Phi) is 7.88. The molecule has 4 nitrogen and oxygen atoms in total. The molecule has 0 aliphatic heterocycles. The van der Waals surface area contributed by atoms with E-state index in [1.165, 1.54) is 0 Å². The van der Waals surface area contributed by atoms with Crippen LogP contribution in [0.15, 0.2) is 36.7 Å². The molecule has 0 unspecified atom stereocenters. The first-order chi connectivity index (χ1) is 13.7. The number of pyridine rings is 1. The lowest BCUT2D eigenvalue weighted by Gasteiger charge is -2.07. The first-order valence-electron chi connectivity index (χ1n) is 10.0. The molecule has 2 aromatic heterocycles. The van der Waals surface area contributed by atoms with Crippen LogP contribution < -0.4 is 5.32 Å². The Hall–Kier alpha value is -2.53. The van der Waals surface area contributed by atoms with Crippen molar-refractivity contribution >= 4 is 37.9 Å². The van der Waals surface area contributed by atoms with Gasteiger partial charge in [-0.25, -0.2) is 0 Å². The lowest BCUT2D eigenvalue weighted by Crippen LogP contribution is -2.06. The molecule has 4 rings (SSSR count). The number of anilines is 1. The van der Waals surface area contributed by atoms with E-state index in [1.807, 2.05) is 65.1 Å². The summed E-state index contributed by atoms with van der Waals surface area (Å²) >= 11 is 1.57. The summed E-state index contributed by atoms with van der Waals surface area (Å²) in [5.74, 6) is 0.0321. The van der Waals surface area contributed by atoms with Crippen LogP contribution in [0.5, 0.6) is 0 Å². The van der Waals surface area contributed by atoms with Crippen molar-refractivity contribution in [2.45, 2.75) is 47.5 Å². The van der Waals surface area contributed by atoms with Gasteiger partial charge in [-0.15, -0.1) is 11.3 Å². The van der Waals surface area contributed by atoms with Gasteiger partial charge in [-0.3, -0.25) is 9.78 Å². The molecule has 1 aliphatic carbocycles. The van der Waals surface area contributed by atoms with E-state index in [4.69, 9.17) is 5.41 Å². The van der Waals surface area contributed by atoms with Crippen LogP contribution in [0.4, 0.5) is 5.00 Å². The number of hydrogen-bond donors (Lipinski definition) is 2. The summed E-state index contributed by atoms with van der Waals surface area (Å²) in [4.78, 5) is 17.4.